The van der Waals surface area contributed by atoms with Crippen LogP contribution in [0.3, 0.4) is 0 Å². The predicted molar refractivity (Wildman–Crippen MR) is 98.4 cm³/mol. The summed E-state index contributed by atoms with van der Waals surface area (Å²) in [5, 5.41) is 3.35. The zero-order valence-electron chi connectivity index (χ0n) is 15.1. The summed E-state index contributed by atoms with van der Waals surface area (Å²) in [6, 6.07) is 0.663. The van der Waals surface area contributed by atoms with Crippen LogP contribution in [0.5, 0.6) is 0 Å². The second-order valence-electron chi connectivity index (χ2n) is 6.71. The smallest absolute Gasteiger partial charge is 0.223 e. The number of carbonyl (C=O) groups is 1. The lowest BCUT2D eigenvalue weighted by Gasteiger charge is -2.43. The lowest BCUT2D eigenvalue weighted by Crippen LogP contribution is -2.56. The SMILES string of the molecule is CC(=O)Nc1ncc(CN2CC(Cc3ncc(F)cn3)N(C)C[C@@H]2C)s1. The van der Waals surface area contributed by atoms with Gasteiger partial charge in [0.1, 0.15) is 5.82 Å². The molecule has 1 aliphatic heterocycles. The molecule has 26 heavy (non-hydrogen) atoms. The summed E-state index contributed by atoms with van der Waals surface area (Å²) in [5.74, 6) is 0.128. The molecule has 1 N–H and O–H groups in total. The van der Waals surface area contributed by atoms with Crippen LogP contribution in [0, 0.1) is 5.82 Å². The van der Waals surface area contributed by atoms with Gasteiger partial charge in [0.2, 0.25) is 5.91 Å². The zero-order valence-corrected chi connectivity index (χ0v) is 16.0. The number of anilines is 1. The standard InChI is InChI=1S/C17H23FN6OS/c1-11-8-23(3)14(4-16-19-5-13(18)6-20-16)9-24(11)10-15-7-21-17(26-15)22-12(2)25/h5-7,11,14H,4,8-10H2,1-3H3,(H,21,22,25)/t11-,14?/m0/s1. The first-order valence-corrected chi connectivity index (χ1v) is 9.35. The van der Waals surface area contributed by atoms with Gasteiger partial charge in [-0.15, -0.1) is 11.3 Å². The average Bonchev–Trinajstić information content (AvgIpc) is 3.00. The molecule has 2 aromatic heterocycles. The van der Waals surface area contributed by atoms with E-state index in [-0.39, 0.29) is 11.9 Å². The van der Waals surface area contributed by atoms with Crippen molar-refractivity contribution in [1.29, 1.82) is 0 Å². The van der Waals surface area contributed by atoms with Gasteiger partial charge in [0.15, 0.2) is 10.9 Å². The molecule has 1 saturated heterocycles. The monoisotopic (exact) mass is 378 g/mol. The maximum absolute atomic E-state index is 13.0. The number of likely N-dealkylation sites (N-methyl/N-ethyl adjacent to an activating group) is 1. The van der Waals surface area contributed by atoms with Crippen molar-refractivity contribution in [2.24, 2.45) is 0 Å². The Labute approximate surface area is 156 Å². The first-order chi connectivity index (χ1) is 12.4. The van der Waals surface area contributed by atoms with Crippen molar-refractivity contribution >= 4 is 22.4 Å². The van der Waals surface area contributed by atoms with Crippen LogP contribution < -0.4 is 5.32 Å². The number of hydrogen-bond acceptors (Lipinski definition) is 7. The number of amides is 1. The highest BCUT2D eigenvalue weighted by molar-refractivity contribution is 7.15. The lowest BCUT2D eigenvalue weighted by atomic mass is 10.0. The van der Waals surface area contributed by atoms with Gasteiger partial charge < -0.3 is 10.2 Å². The van der Waals surface area contributed by atoms with Crippen LogP contribution in [-0.4, -0.2) is 62.9 Å². The molecular formula is C17H23FN6OS. The summed E-state index contributed by atoms with van der Waals surface area (Å²) < 4.78 is 13.0. The molecule has 1 fully saturated rings. The topological polar surface area (TPSA) is 74.2 Å². The van der Waals surface area contributed by atoms with Gasteiger partial charge in [-0.25, -0.2) is 19.3 Å². The Morgan fingerprint density at radius 1 is 1.31 bits per heavy atom. The second-order valence-corrected chi connectivity index (χ2v) is 7.82. The Bertz CT molecular complexity index is 752. The molecule has 3 heterocycles. The number of aromatic nitrogens is 3. The molecule has 0 aliphatic carbocycles. The number of rotatable bonds is 5. The highest BCUT2D eigenvalue weighted by atomic mass is 32.1. The molecule has 2 atom stereocenters. The Hall–Kier alpha value is -1.97. The largest absolute Gasteiger partial charge is 0.302 e. The summed E-state index contributed by atoms with van der Waals surface area (Å²) in [6.07, 6.45) is 4.93. The fraction of sp³-hybridized carbons (Fsp3) is 0.529. The van der Waals surface area contributed by atoms with E-state index in [1.165, 1.54) is 30.7 Å². The van der Waals surface area contributed by atoms with E-state index in [0.29, 0.717) is 23.4 Å². The third kappa shape index (κ3) is 4.80. The maximum Gasteiger partial charge on any atom is 0.223 e. The molecule has 0 bridgehead atoms. The third-order valence-electron chi connectivity index (χ3n) is 4.53. The fourth-order valence-corrected chi connectivity index (χ4v) is 4.04. The first-order valence-electron chi connectivity index (χ1n) is 8.53. The minimum Gasteiger partial charge on any atom is -0.302 e. The first kappa shape index (κ1) is 18.8. The number of nitrogens with one attached hydrogen (secondary N) is 1. The summed E-state index contributed by atoms with van der Waals surface area (Å²) in [5.41, 5.74) is 0. The summed E-state index contributed by atoms with van der Waals surface area (Å²) in [7, 11) is 2.10. The number of halogens is 1. The highest BCUT2D eigenvalue weighted by Crippen LogP contribution is 2.23. The van der Waals surface area contributed by atoms with E-state index in [0.717, 1.165) is 24.5 Å². The van der Waals surface area contributed by atoms with E-state index >= 15 is 0 Å². The molecule has 1 unspecified atom stereocenters. The van der Waals surface area contributed by atoms with Crippen molar-refractivity contribution in [3.63, 3.8) is 0 Å². The summed E-state index contributed by atoms with van der Waals surface area (Å²) in [4.78, 5) is 29.4. The molecule has 1 amide bonds. The van der Waals surface area contributed by atoms with Gasteiger partial charge >= 0.3 is 0 Å². The summed E-state index contributed by atoms with van der Waals surface area (Å²) >= 11 is 1.50. The number of nitrogens with zero attached hydrogens (tertiary/aromatic N) is 5. The summed E-state index contributed by atoms with van der Waals surface area (Å²) in [6.45, 7) is 6.27. The molecule has 0 saturated carbocycles. The van der Waals surface area contributed by atoms with Crippen LogP contribution in [0.2, 0.25) is 0 Å². The van der Waals surface area contributed by atoms with Gasteiger partial charge in [0.25, 0.3) is 0 Å². The number of piperazine rings is 1. The fourth-order valence-electron chi connectivity index (χ4n) is 3.16. The number of thiazole rings is 1. The van der Waals surface area contributed by atoms with Gasteiger partial charge in [-0.3, -0.25) is 9.69 Å². The van der Waals surface area contributed by atoms with Gasteiger partial charge in [-0.05, 0) is 14.0 Å². The molecule has 9 heteroatoms. The van der Waals surface area contributed by atoms with Crippen LogP contribution >= 0.6 is 11.3 Å². The van der Waals surface area contributed by atoms with E-state index in [1.54, 1.807) is 0 Å². The van der Waals surface area contributed by atoms with Crippen LogP contribution in [0.25, 0.3) is 0 Å². The second kappa shape index (κ2) is 8.15. The van der Waals surface area contributed by atoms with Gasteiger partial charge in [-0.1, -0.05) is 0 Å². The molecule has 0 radical (unpaired) electrons. The third-order valence-corrected chi connectivity index (χ3v) is 5.43. The van der Waals surface area contributed by atoms with Crippen LogP contribution in [0.1, 0.15) is 24.5 Å². The molecule has 140 valence electrons. The Kier molecular flexibility index (Phi) is 5.90. The lowest BCUT2D eigenvalue weighted by molar-refractivity contribution is -0.114. The van der Waals surface area contributed by atoms with Crippen LogP contribution in [0.4, 0.5) is 9.52 Å². The minimum absolute atomic E-state index is 0.113. The maximum atomic E-state index is 13.0. The van der Waals surface area contributed by atoms with E-state index in [1.807, 2.05) is 6.20 Å². The Morgan fingerprint density at radius 3 is 2.73 bits per heavy atom. The van der Waals surface area contributed by atoms with Gasteiger partial charge in [0.05, 0.1) is 12.4 Å². The van der Waals surface area contributed by atoms with Crippen molar-refractivity contribution in [2.45, 2.75) is 38.9 Å². The van der Waals surface area contributed by atoms with Gasteiger partial charge in [0, 0.05) is 56.1 Å². The van der Waals surface area contributed by atoms with Crippen molar-refractivity contribution in [3.8, 4) is 0 Å². The Morgan fingerprint density at radius 2 is 2.04 bits per heavy atom. The van der Waals surface area contributed by atoms with Gasteiger partial charge in [-0.2, -0.15) is 0 Å². The molecule has 0 aromatic carbocycles. The van der Waals surface area contributed by atoms with Crippen molar-refractivity contribution in [2.75, 3.05) is 25.5 Å². The predicted octanol–water partition coefficient (Wildman–Crippen LogP) is 1.78. The molecule has 1 aliphatic rings. The highest BCUT2D eigenvalue weighted by Gasteiger charge is 2.30. The molecule has 3 rings (SSSR count). The molecular weight excluding hydrogens is 355 g/mol. The van der Waals surface area contributed by atoms with Crippen molar-refractivity contribution in [3.05, 3.63) is 35.1 Å². The van der Waals surface area contributed by atoms with Crippen molar-refractivity contribution < 1.29 is 9.18 Å². The normalized spacial score (nSPS) is 21.7. The van der Waals surface area contributed by atoms with Crippen molar-refractivity contribution in [1.82, 2.24) is 24.8 Å². The number of hydrogen-bond donors (Lipinski definition) is 1. The molecule has 0 spiro atoms. The minimum atomic E-state index is -0.416. The van der Waals surface area contributed by atoms with Crippen LogP contribution in [0.15, 0.2) is 18.6 Å². The zero-order chi connectivity index (χ0) is 18.7. The van der Waals surface area contributed by atoms with E-state index < -0.39 is 5.82 Å². The molecule has 2 aromatic rings. The van der Waals surface area contributed by atoms with E-state index in [2.05, 4.69) is 44.0 Å². The van der Waals surface area contributed by atoms with Crippen LogP contribution in [-0.2, 0) is 17.8 Å². The Balaban J connectivity index is 1.64. The average molecular weight is 378 g/mol. The van der Waals surface area contributed by atoms with E-state index in [9.17, 15) is 9.18 Å². The number of carbonyl (C=O) groups excluding carboxylic acids is 1. The molecule has 7 nitrogen and oxygen atoms in total. The quantitative estimate of drug-likeness (QED) is 0.855. The van der Waals surface area contributed by atoms with E-state index in [4.69, 9.17) is 0 Å².